The van der Waals surface area contributed by atoms with E-state index in [9.17, 15) is 0 Å². The Hall–Kier alpha value is -0.860. The second-order valence-electron chi connectivity index (χ2n) is 4.77. The third-order valence-electron chi connectivity index (χ3n) is 3.07. The summed E-state index contributed by atoms with van der Waals surface area (Å²) in [6.07, 6.45) is 4.97. The summed E-state index contributed by atoms with van der Waals surface area (Å²) >= 11 is 0. The Kier molecular flexibility index (Phi) is 8.53. The van der Waals surface area contributed by atoms with Crippen LogP contribution in [-0.2, 0) is 11.2 Å². The Morgan fingerprint density at radius 1 is 1.17 bits per heavy atom. The monoisotopic (exact) mass is 249 g/mol. The van der Waals surface area contributed by atoms with Gasteiger partial charge in [0.15, 0.2) is 0 Å². The van der Waals surface area contributed by atoms with E-state index in [1.54, 1.807) is 0 Å². The maximum absolute atomic E-state index is 5.82. The maximum atomic E-state index is 5.82. The molecular formula is C16H27NO. The molecule has 0 saturated carbocycles. The number of hydrogen-bond donors (Lipinski definition) is 1. The predicted octanol–water partition coefficient (Wildman–Crippen LogP) is 3.41. The minimum atomic E-state index is 0.388. The van der Waals surface area contributed by atoms with Gasteiger partial charge in [-0.3, -0.25) is 0 Å². The van der Waals surface area contributed by atoms with Crippen LogP contribution in [0.4, 0.5) is 0 Å². The lowest BCUT2D eigenvalue weighted by molar-refractivity contribution is 0.0575. The fourth-order valence-corrected chi connectivity index (χ4v) is 1.98. The minimum absolute atomic E-state index is 0.388. The highest BCUT2D eigenvalue weighted by molar-refractivity contribution is 5.14. The Morgan fingerprint density at radius 3 is 2.67 bits per heavy atom. The van der Waals surface area contributed by atoms with E-state index in [0.29, 0.717) is 6.10 Å². The van der Waals surface area contributed by atoms with Crippen LogP contribution in [0.5, 0.6) is 0 Å². The number of ether oxygens (including phenoxy) is 1. The van der Waals surface area contributed by atoms with Crippen LogP contribution in [0.25, 0.3) is 0 Å². The number of nitrogens with one attached hydrogen (secondary N) is 1. The fraction of sp³-hybridized carbons (Fsp3) is 0.625. The van der Waals surface area contributed by atoms with Gasteiger partial charge in [-0.05, 0) is 51.3 Å². The molecule has 2 heteroatoms. The number of benzene rings is 1. The largest absolute Gasteiger partial charge is 0.378 e. The highest BCUT2D eigenvalue weighted by atomic mass is 16.5. The van der Waals surface area contributed by atoms with Gasteiger partial charge in [-0.1, -0.05) is 37.3 Å². The first kappa shape index (κ1) is 15.2. The van der Waals surface area contributed by atoms with E-state index in [1.807, 2.05) is 0 Å². The summed E-state index contributed by atoms with van der Waals surface area (Å²) in [7, 11) is 0. The standard InChI is InChI=1S/C16H27NO/c1-3-17-13-7-9-15(2)18-14-8-12-16-10-5-4-6-11-16/h4-6,10-11,15,17H,3,7-9,12-14H2,1-2H3. The zero-order chi connectivity index (χ0) is 13.1. The van der Waals surface area contributed by atoms with E-state index >= 15 is 0 Å². The molecule has 0 aliphatic heterocycles. The molecule has 0 amide bonds. The Morgan fingerprint density at radius 2 is 1.94 bits per heavy atom. The van der Waals surface area contributed by atoms with Crippen LogP contribution in [0.1, 0.15) is 38.7 Å². The predicted molar refractivity (Wildman–Crippen MR) is 78.0 cm³/mol. The van der Waals surface area contributed by atoms with Gasteiger partial charge in [-0.2, -0.15) is 0 Å². The molecule has 1 unspecified atom stereocenters. The maximum Gasteiger partial charge on any atom is 0.0547 e. The van der Waals surface area contributed by atoms with Gasteiger partial charge < -0.3 is 10.1 Å². The highest BCUT2D eigenvalue weighted by Crippen LogP contribution is 2.05. The van der Waals surface area contributed by atoms with Crippen LogP contribution in [0.2, 0.25) is 0 Å². The summed E-state index contributed by atoms with van der Waals surface area (Å²) in [5.41, 5.74) is 1.40. The second kappa shape index (κ2) is 10.1. The van der Waals surface area contributed by atoms with Crippen LogP contribution in [-0.4, -0.2) is 25.8 Å². The summed E-state index contributed by atoms with van der Waals surface area (Å²) in [6.45, 7) is 7.36. The normalized spacial score (nSPS) is 12.6. The average molecular weight is 249 g/mol. The summed E-state index contributed by atoms with van der Waals surface area (Å²) in [5.74, 6) is 0. The van der Waals surface area contributed by atoms with Crippen molar-refractivity contribution in [2.75, 3.05) is 19.7 Å². The SMILES string of the molecule is CCNCCCC(C)OCCCc1ccccc1. The third-order valence-corrected chi connectivity index (χ3v) is 3.07. The van der Waals surface area contributed by atoms with Crippen molar-refractivity contribution in [1.29, 1.82) is 0 Å². The van der Waals surface area contributed by atoms with Gasteiger partial charge in [-0.15, -0.1) is 0 Å². The average Bonchev–Trinajstić information content (AvgIpc) is 2.41. The van der Waals surface area contributed by atoms with E-state index in [-0.39, 0.29) is 0 Å². The Balaban J connectivity index is 1.97. The van der Waals surface area contributed by atoms with Crippen LogP contribution < -0.4 is 5.32 Å². The molecule has 0 aliphatic rings. The number of hydrogen-bond acceptors (Lipinski definition) is 2. The van der Waals surface area contributed by atoms with Crippen molar-refractivity contribution in [1.82, 2.24) is 5.32 Å². The lowest BCUT2D eigenvalue weighted by Crippen LogP contribution is -2.17. The zero-order valence-electron chi connectivity index (χ0n) is 11.8. The van der Waals surface area contributed by atoms with Gasteiger partial charge in [-0.25, -0.2) is 0 Å². The first-order valence-corrected chi connectivity index (χ1v) is 7.19. The molecule has 0 spiro atoms. The van der Waals surface area contributed by atoms with Gasteiger partial charge in [0.05, 0.1) is 6.10 Å². The van der Waals surface area contributed by atoms with Gasteiger partial charge in [0.25, 0.3) is 0 Å². The summed E-state index contributed by atoms with van der Waals surface area (Å²) < 4.78 is 5.82. The van der Waals surface area contributed by atoms with Gasteiger partial charge >= 0.3 is 0 Å². The fourth-order valence-electron chi connectivity index (χ4n) is 1.98. The molecule has 0 bridgehead atoms. The van der Waals surface area contributed by atoms with Crippen LogP contribution in [0.15, 0.2) is 30.3 Å². The molecule has 1 aromatic rings. The zero-order valence-corrected chi connectivity index (χ0v) is 11.8. The number of aryl methyl sites for hydroxylation is 1. The quantitative estimate of drug-likeness (QED) is 0.642. The summed E-state index contributed by atoms with van der Waals surface area (Å²) in [6, 6.07) is 10.6. The molecule has 18 heavy (non-hydrogen) atoms. The van der Waals surface area contributed by atoms with Crippen LogP contribution in [0.3, 0.4) is 0 Å². The van der Waals surface area contributed by atoms with Gasteiger partial charge in [0.1, 0.15) is 0 Å². The van der Waals surface area contributed by atoms with Crippen molar-refractivity contribution in [3.05, 3.63) is 35.9 Å². The number of rotatable bonds is 10. The lowest BCUT2D eigenvalue weighted by Gasteiger charge is -2.13. The second-order valence-corrected chi connectivity index (χ2v) is 4.77. The molecule has 0 aromatic heterocycles. The molecule has 1 rings (SSSR count). The van der Waals surface area contributed by atoms with Crippen molar-refractivity contribution < 1.29 is 4.74 Å². The van der Waals surface area contributed by atoms with E-state index in [0.717, 1.165) is 39.0 Å². The van der Waals surface area contributed by atoms with E-state index in [2.05, 4.69) is 49.5 Å². The van der Waals surface area contributed by atoms with Crippen LogP contribution in [0, 0.1) is 0 Å². The van der Waals surface area contributed by atoms with Gasteiger partial charge in [0, 0.05) is 6.61 Å². The van der Waals surface area contributed by atoms with Crippen LogP contribution >= 0.6 is 0 Å². The summed E-state index contributed by atoms with van der Waals surface area (Å²) in [4.78, 5) is 0. The third kappa shape index (κ3) is 7.46. The molecule has 0 aliphatic carbocycles. The molecule has 0 radical (unpaired) electrons. The van der Waals surface area contributed by atoms with Crippen molar-refractivity contribution in [2.24, 2.45) is 0 Å². The molecular weight excluding hydrogens is 222 g/mol. The lowest BCUT2D eigenvalue weighted by atomic mass is 10.1. The molecule has 1 atom stereocenters. The Labute approximate surface area is 112 Å². The summed E-state index contributed by atoms with van der Waals surface area (Å²) in [5, 5.41) is 3.34. The Bertz CT molecular complexity index is 286. The van der Waals surface area contributed by atoms with Crippen molar-refractivity contribution in [3.63, 3.8) is 0 Å². The minimum Gasteiger partial charge on any atom is -0.378 e. The van der Waals surface area contributed by atoms with E-state index in [4.69, 9.17) is 4.74 Å². The first-order chi connectivity index (χ1) is 8.83. The van der Waals surface area contributed by atoms with Crippen molar-refractivity contribution >= 4 is 0 Å². The first-order valence-electron chi connectivity index (χ1n) is 7.19. The molecule has 2 nitrogen and oxygen atoms in total. The molecule has 0 saturated heterocycles. The van der Waals surface area contributed by atoms with E-state index < -0.39 is 0 Å². The van der Waals surface area contributed by atoms with Crippen molar-refractivity contribution in [2.45, 2.75) is 45.6 Å². The topological polar surface area (TPSA) is 21.3 Å². The van der Waals surface area contributed by atoms with Gasteiger partial charge in [0.2, 0.25) is 0 Å². The molecule has 0 fully saturated rings. The van der Waals surface area contributed by atoms with E-state index in [1.165, 1.54) is 12.0 Å². The molecule has 1 N–H and O–H groups in total. The molecule has 1 aromatic carbocycles. The highest BCUT2D eigenvalue weighted by Gasteiger charge is 2.01. The molecule has 0 heterocycles. The smallest absolute Gasteiger partial charge is 0.0547 e. The molecule has 102 valence electrons. The van der Waals surface area contributed by atoms with Crippen molar-refractivity contribution in [3.8, 4) is 0 Å².